The molecule has 8 nitrogen and oxygen atoms in total. The number of hydrogen-bond acceptors (Lipinski definition) is 8. The minimum Gasteiger partial charge on any atom is -0.497 e. The molecule has 166 valence electrons. The fraction of sp³-hybridized carbons (Fsp3) is 0.160. The summed E-state index contributed by atoms with van der Waals surface area (Å²) in [5, 5.41) is 10.0. The number of carbonyl (C=O) groups is 1. The first kappa shape index (κ1) is 21.7. The maximum Gasteiger partial charge on any atom is 0.330 e. The number of nitrogens with zero attached hydrogens (tertiary/aromatic N) is 2. The van der Waals surface area contributed by atoms with Crippen molar-refractivity contribution in [3.8, 4) is 46.1 Å². The van der Waals surface area contributed by atoms with Crippen LogP contribution in [0.3, 0.4) is 0 Å². The summed E-state index contributed by atoms with van der Waals surface area (Å²) in [6.07, 6.45) is 4.40. The lowest BCUT2D eigenvalue weighted by Crippen LogP contribution is -2.00. The normalized spacial score (nSPS) is 11.8. The van der Waals surface area contributed by atoms with Gasteiger partial charge < -0.3 is 23.7 Å². The van der Waals surface area contributed by atoms with E-state index < -0.39 is 5.97 Å². The number of pyridine rings is 1. The largest absolute Gasteiger partial charge is 0.497 e. The molecule has 0 bridgehead atoms. The molecule has 0 atom stereocenters. The lowest BCUT2D eigenvalue weighted by molar-refractivity contribution is -0.137. The maximum absolute atomic E-state index is 11.8. The van der Waals surface area contributed by atoms with Crippen LogP contribution in [0, 0.1) is 11.3 Å². The van der Waals surface area contributed by atoms with Gasteiger partial charge in [0.15, 0.2) is 11.5 Å². The van der Waals surface area contributed by atoms with Crippen LogP contribution in [0.2, 0.25) is 0 Å². The molecule has 0 spiro atoms. The Morgan fingerprint density at radius 1 is 1.15 bits per heavy atom. The third-order valence-corrected chi connectivity index (χ3v) is 4.81. The van der Waals surface area contributed by atoms with Crippen molar-refractivity contribution in [2.24, 2.45) is 0 Å². The minimum absolute atomic E-state index is 0.121. The standard InChI is InChI=1S/C25H20N2O6/c1-3-30-23(28)11-6-17-14-27-25(33-19-9-10-21-22(12-19)32-15-31-21)20(13-26)24(17)16-4-7-18(29-2)8-5-16/h4-12,14H,3,15H2,1-2H3. The topological polar surface area (TPSA) is 99.9 Å². The Kier molecular flexibility index (Phi) is 6.41. The average Bonchev–Trinajstić information content (AvgIpc) is 3.31. The van der Waals surface area contributed by atoms with E-state index in [4.69, 9.17) is 23.7 Å². The molecule has 4 rings (SSSR count). The van der Waals surface area contributed by atoms with Gasteiger partial charge >= 0.3 is 5.97 Å². The highest BCUT2D eigenvalue weighted by Crippen LogP contribution is 2.39. The average molecular weight is 444 g/mol. The molecule has 0 unspecified atom stereocenters. The number of ether oxygens (including phenoxy) is 5. The second kappa shape index (κ2) is 9.75. The molecule has 8 heteroatoms. The molecule has 0 saturated carbocycles. The van der Waals surface area contributed by atoms with E-state index in [2.05, 4.69) is 11.1 Å². The number of carbonyl (C=O) groups excluding carboxylic acids is 1. The first-order chi connectivity index (χ1) is 16.1. The molecule has 0 aliphatic carbocycles. The van der Waals surface area contributed by atoms with Gasteiger partial charge in [0.05, 0.1) is 13.7 Å². The fourth-order valence-corrected chi connectivity index (χ4v) is 3.28. The van der Waals surface area contributed by atoms with Gasteiger partial charge in [0, 0.05) is 29.5 Å². The molecule has 1 aromatic heterocycles. The Balaban J connectivity index is 1.78. The summed E-state index contributed by atoms with van der Waals surface area (Å²) in [6, 6.07) is 14.5. The minimum atomic E-state index is -0.489. The summed E-state index contributed by atoms with van der Waals surface area (Å²) >= 11 is 0. The van der Waals surface area contributed by atoms with Gasteiger partial charge in [0.2, 0.25) is 12.7 Å². The van der Waals surface area contributed by atoms with Gasteiger partial charge in [-0.3, -0.25) is 0 Å². The molecule has 1 aliphatic rings. The molecule has 0 fully saturated rings. The lowest BCUT2D eigenvalue weighted by atomic mass is 9.96. The predicted molar refractivity (Wildman–Crippen MR) is 119 cm³/mol. The number of methoxy groups -OCH3 is 1. The zero-order valence-electron chi connectivity index (χ0n) is 18.0. The van der Waals surface area contributed by atoms with Crippen molar-refractivity contribution < 1.29 is 28.5 Å². The summed E-state index contributed by atoms with van der Waals surface area (Å²) in [6.45, 7) is 2.13. The Morgan fingerprint density at radius 2 is 1.91 bits per heavy atom. The highest BCUT2D eigenvalue weighted by Gasteiger charge is 2.19. The zero-order chi connectivity index (χ0) is 23.2. The second-order valence-corrected chi connectivity index (χ2v) is 6.81. The van der Waals surface area contributed by atoms with Crippen molar-refractivity contribution in [2.75, 3.05) is 20.5 Å². The van der Waals surface area contributed by atoms with Crippen molar-refractivity contribution in [1.29, 1.82) is 5.26 Å². The smallest absolute Gasteiger partial charge is 0.330 e. The number of esters is 1. The van der Waals surface area contributed by atoms with Crippen LogP contribution >= 0.6 is 0 Å². The Bertz CT molecular complexity index is 1240. The van der Waals surface area contributed by atoms with Crippen LogP contribution in [0.5, 0.6) is 28.9 Å². The van der Waals surface area contributed by atoms with Crippen molar-refractivity contribution in [3.05, 3.63) is 65.9 Å². The van der Waals surface area contributed by atoms with E-state index in [1.54, 1.807) is 56.6 Å². The number of hydrogen-bond donors (Lipinski definition) is 0. The quantitative estimate of drug-likeness (QED) is 0.381. The summed E-state index contributed by atoms with van der Waals surface area (Å²) in [7, 11) is 1.58. The Hall–Kier alpha value is -4.51. The molecule has 0 radical (unpaired) electrons. The molecular formula is C25H20N2O6. The van der Waals surface area contributed by atoms with Gasteiger partial charge in [-0.05, 0) is 42.8 Å². The molecule has 0 N–H and O–H groups in total. The van der Waals surface area contributed by atoms with Crippen LogP contribution < -0.4 is 18.9 Å². The second-order valence-electron chi connectivity index (χ2n) is 6.81. The number of aromatic nitrogens is 1. The number of rotatable bonds is 7. The van der Waals surface area contributed by atoms with E-state index in [0.717, 1.165) is 5.56 Å². The lowest BCUT2D eigenvalue weighted by Gasteiger charge is -2.14. The third kappa shape index (κ3) is 4.72. The van der Waals surface area contributed by atoms with Crippen LogP contribution in [-0.2, 0) is 9.53 Å². The van der Waals surface area contributed by atoms with Crippen LogP contribution in [0.15, 0.2) is 54.7 Å². The van der Waals surface area contributed by atoms with E-state index in [1.165, 1.54) is 6.08 Å². The van der Waals surface area contributed by atoms with Gasteiger partial charge in [0.1, 0.15) is 23.1 Å². The maximum atomic E-state index is 11.8. The predicted octanol–water partition coefficient (Wildman–Crippen LogP) is 4.73. The highest BCUT2D eigenvalue weighted by molar-refractivity contribution is 5.90. The van der Waals surface area contributed by atoms with E-state index >= 15 is 0 Å². The molecule has 2 aromatic carbocycles. The third-order valence-electron chi connectivity index (χ3n) is 4.81. The van der Waals surface area contributed by atoms with E-state index in [-0.39, 0.29) is 24.8 Å². The molecule has 33 heavy (non-hydrogen) atoms. The number of nitriles is 1. The molecule has 2 heterocycles. The highest BCUT2D eigenvalue weighted by atomic mass is 16.7. The van der Waals surface area contributed by atoms with Gasteiger partial charge in [-0.1, -0.05) is 12.1 Å². The van der Waals surface area contributed by atoms with Crippen molar-refractivity contribution in [2.45, 2.75) is 6.92 Å². The Labute approximate surface area is 190 Å². The van der Waals surface area contributed by atoms with Crippen molar-refractivity contribution in [3.63, 3.8) is 0 Å². The molecule has 0 saturated heterocycles. The molecule has 3 aromatic rings. The number of fused-ring (bicyclic) bond motifs is 1. The van der Waals surface area contributed by atoms with Gasteiger partial charge in [-0.15, -0.1) is 0 Å². The summed E-state index contributed by atoms with van der Waals surface area (Å²) in [5.41, 5.74) is 2.06. The van der Waals surface area contributed by atoms with Crippen LogP contribution in [0.25, 0.3) is 17.2 Å². The summed E-state index contributed by atoms with van der Waals surface area (Å²) in [5.74, 6) is 1.92. The van der Waals surface area contributed by atoms with Gasteiger partial charge in [-0.2, -0.15) is 5.26 Å². The first-order valence-corrected chi connectivity index (χ1v) is 10.1. The van der Waals surface area contributed by atoms with Crippen LogP contribution in [0.4, 0.5) is 0 Å². The first-order valence-electron chi connectivity index (χ1n) is 10.1. The van der Waals surface area contributed by atoms with Gasteiger partial charge in [-0.25, -0.2) is 9.78 Å². The van der Waals surface area contributed by atoms with Crippen molar-refractivity contribution in [1.82, 2.24) is 4.98 Å². The van der Waals surface area contributed by atoms with Crippen molar-refractivity contribution >= 4 is 12.0 Å². The van der Waals surface area contributed by atoms with Crippen LogP contribution in [0.1, 0.15) is 18.1 Å². The SMILES string of the molecule is CCOC(=O)C=Cc1cnc(Oc2ccc3c(c2)OCO3)c(C#N)c1-c1ccc(OC)cc1. The van der Waals surface area contributed by atoms with E-state index in [1.807, 2.05) is 12.1 Å². The van der Waals surface area contributed by atoms with E-state index in [9.17, 15) is 10.1 Å². The number of benzene rings is 2. The molecule has 0 amide bonds. The van der Waals surface area contributed by atoms with Crippen LogP contribution in [-0.4, -0.2) is 31.5 Å². The summed E-state index contributed by atoms with van der Waals surface area (Å²) in [4.78, 5) is 16.2. The molecule has 1 aliphatic heterocycles. The Morgan fingerprint density at radius 3 is 2.64 bits per heavy atom. The molecular weight excluding hydrogens is 424 g/mol. The fourth-order valence-electron chi connectivity index (χ4n) is 3.28. The monoisotopic (exact) mass is 444 g/mol. The zero-order valence-corrected chi connectivity index (χ0v) is 18.0. The van der Waals surface area contributed by atoms with E-state index in [0.29, 0.717) is 34.1 Å². The van der Waals surface area contributed by atoms with Gasteiger partial charge in [0.25, 0.3) is 0 Å². The summed E-state index contributed by atoms with van der Waals surface area (Å²) < 4.78 is 26.9.